The van der Waals surface area contributed by atoms with Gasteiger partial charge in [-0.3, -0.25) is 4.79 Å². The molecule has 0 atom stereocenters. The average molecular weight is 360 g/mol. The highest BCUT2D eigenvalue weighted by Crippen LogP contribution is 2.27. The van der Waals surface area contributed by atoms with E-state index in [1.54, 1.807) is 28.9 Å². The van der Waals surface area contributed by atoms with Gasteiger partial charge in [0.2, 0.25) is 0 Å². The Morgan fingerprint density at radius 2 is 1.96 bits per heavy atom. The molecule has 0 spiro atoms. The molecule has 5 rings (SSSR count). The highest BCUT2D eigenvalue weighted by atomic mass is 19.1. The van der Waals surface area contributed by atoms with Crippen LogP contribution in [-0.2, 0) is 6.54 Å². The minimum atomic E-state index is -0.305. The maximum Gasteiger partial charge on any atom is 0.251 e. The van der Waals surface area contributed by atoms with Crippen molar-refractivity contribution in [1.82, 2.24) is 24.9 Å². The largest absolute Gasteiger partial charge is 0.348 e. The first-order chi connectivity index (χ1) is 13.2. The number of fused-ring (bicyclic) bond motifs is 2. The Balaban J connectivity index is 1.57. The Morgan fingerprint density at radius 3 is 2.81 bits per heavy atom. The van der Waals surface area contributed by atoms with Crippen LogP contribution in [0.5, 0.6) is 0 Å². The fraction of sp³-hybridized carbons (Fsp3) is 0.0526. The zero-order valence-electron chi connectivity index (χ0n) is 14.0. The second-order valence-electron chi connectivity index (χ2n) is 6.17. The lowest BCUT2D eigenvalue weighted by Gasteiger charge is -2.10. The Kier molecular flexibility index (Phi) is 3.36. The normalized spacial score (nSPS) is 12.9. The molecule has 27 heavy (non-hydrogen) atoms. The van der Waals surface area contributed by atoms with Gasteiger partial charge < -0.3 is 10.6 Å². The summed E-state index contributed by atoms with van der Waals surface area (Å²) in [5, 5.41) is 10.2. The van der Waals surface area contributed by atoms with Gasteiger partial charge in [-0.25, -0.2) is 18.9 Å². The van der Waals surface area contributed by atoms with Crippen molar-refractivity contribution in [3.63, 3.8) is 0 Å². The Morgan fingerprint density at radius 1 is 1.11 bits per heavy atom. The van der Waals surface area contributed by atoms with E-state index in [4.69, 9.17) is 0 Å². The molecule has 0 bridgehead atoms. The van der Waals surface area contributed by atoms with Crippen LogP contribution < -0.4 is 10.6 Å². The van der Waals surface area contributed by atoms with Gasteiger partial charge in [0.1, 0.15) is 12.1 Å². The second kappa shape index (κ2) is 5.87. The third-order valence-corrected chi connectivity index (χ3v) is 4.50. The quantitative estimate of drug-likeness (QED) is 0.587. The van der Waals surface area contributed by atoms with E-state index in [0.29, 0.717) is 29.3 Å². The summed E-state index contributed by atoms with van der Waals surface area (Å²) >= 11 is 0. The molecule has 132 valence electrons. The molecule has 7 nitrogen and oxygen atoms in total. The third kappa shape index (κ3) is 2.58. The third-order valence-electron chi connectivity index (χ3n) is 4.50. The summed E-state index contributed by atoms with van der Waals surface area (Å²) in [6.07, 6.45) is 3.15. The Hall–Kier alpha value is -3.81. The highest BCUT2D eigenvalue weighted by molar-refractivity contribution is 5.98. The lowest BCUT2D eigenvalue weighted by Crippen LogP contribution is -2.12. The van der Waals surface area contributed by atoms with Gasteiger partial charge in [-0.15, -0.1) is 0 Å². The summed E-state index contributed by atoms with van der Waals surface area (Å²) in [5.41, 5.74) is 4.53. The van der Waals surface area contributed by atoms with Gasteiger partial charge in [0.15, 0.2) is 11.5 Å². The van der Waals surface area contributed by atoms with E-state index in [9.17, 15) is 9.18 Å². The Bertz CT molecular complexity index is 1180. The van der Waals surface area contributed by atoms with Gasteiger partial charge >= 0.3 is 0 Å². The first kappa shape index (κ1) is 15.4. The van der Waals surface area contributed by atoms with Crippen LogP contribution in [0.25, 0.3) is 16.9 Å². The van der Waals surface area contributed by atoms with Crippen LogP contribution in [0, 0.1) is 5.82 Å². The number of rotatable bonds is 3. The first-order valence-electron chi connectivity index (χ1n) is 8.32. The molecule has 0 saturated heterocycles. The molecule has 8 heteroatoms. The number of amides is 1. The molecular weight excluding hydrogens is 347 g/mol. The van der Waals surface area contributed by atoms with Gasteiger partial charge in [0.25, 0.3) is 5.91 Å². The molecule has 4 aromatic rings. The minimum absolute atomic E-state index is 0.0561. The molecule has 0 aliphatic carbocycles. The van der Waals surface area contributed by atoms with Gasteiger partial charge in [0.05, 0.1) is 11.9 Å². The highest BCUT2D eigenvalue weighted by Gasteiger charge is 2.20. The SMILES string of the molecule is O=C1NCc2cc(-c3cnc(Nc4ccc(F)cc4)c4ncnn34)ccc21. The number of halogens is 1. The van der Waals surface area contributed by atoms with Crippen LogP contribution in [0.1, 0.15) is 15.9 Å². The van der Waals surface area contributed by atoms with Crippen molar-refractivity contribution < 1.29 is 9.18 Å². The van der Waals surface area contributed by atoms with Crippen LogP contribution in [0.4, 0.5) is 15.9 Å². The molecule has 1 amide bonds. The smallest absolute Gasteiger partial charge is 0.251 e. The van der Waals surface area contributed by atoms with E-state index in [1.165, 1.54) is 18.5 Å². The first-order valence-corrected chi connectivity index (χ1v) is 8.32. The maximum atomic E-state index is 13.1. The zero-order valence-corrected chi connectivity index (χ0v) is 14.0. The van der Waals surface area contributed by atoms with Crippen LogP contribution >= 0.6 is 0 Å². The summed E-state index contributed by atoms with van der Waals surface area (Å²) in [6.45, 7) is 0.514. The van der Waals surface area contributed by atoms with Crippen molar-refractivity contribution in [2.75, 3.05) is 5.32 Å². The van der Waals surface area contributed by atoms with E-state index in [-0.39, 0.29) is 11.7 Å². The molecule has 1 aliphatic rings. The molecule has 0 fully saturated rings. The van der Waals surface area contributed by atoms with Crippen molar-refractivity contribution in [3.8, 4) is 11.3 Å². The van der Waals surface area contributed by atoms with Crippen LogP contribution in [0.3, 0.4) is 0 Å². The molecule has 3 heterocycles. The molecule has 2 aromatic heterocycles. The van der Waals surface area contributed by atoms with Gasteiger partial charge in [-0.1, -0.05) is 6.07 Å². The standard InChI is InChI=1S/C19H13FN6O/c20-13-2-4-14(5-3-13)25-17-18-23-10-24-26(18)16(9-21-17)11-1-6-15-12(7-11)8-22-19(15)27/h1-7,9-10H,8H2,(H,21,25)(H,22,27). The van der Waals surface area contributed by atoms with Gasteiger partial charge in [0, 0.05) is 23.4 Å². The van der Waals surface area contributed by atoms with Crippen LogP contribution in [0.15, 0.2) is 55.0 Å². The van der Waals surface area contributed by atoms with Crippen LogP contribution in [-0.4, -0.2) is 25.5 Å². The monoisotopic (exact) mass is 360 g/mol. The predicted molar refractivity (Wildman–Crippen MR) is 97.1 cm³/mol. The summed E-state index contributed by atoms with van der Waals surface area (Å²) in [5.74, 6) is 0.154. The number of carbonyl (C=O) groups excluding carboxylic acids is 1. The number of nitrogens with one attached hydrogen (secondary N) is 2. The van der Waals surface area contributed by atoms with Gasteiger partial charge in [-0.05, 0) is 42.0 Å². The molecule has 2 aromatic carbocycles. The topological polar surface area (TPSA) is 84.2 Å². The number of nitrogens with zero attached hydrogens (tertiary/aromatic N) is 4. The van der Waals surface area contributed by atoms with Crippen molar-refractivity contribution in [1.29, 1.82) is 0 Å². The van der Waals surface area contributed by atoms with Crippen molar-refractivity contribution in [3.05, 3.63) is 71.9 Å². The van der Waals surface area contributed by atoms with Crippen molar-refractivity contribution in [2.24, 2.45) is 0 Å². The van der Waals surface area contributed by atoms with Crippen molar-refractivity contribution in [2.45, 2.75) is 6.54 Å². The van der Waals surface area contributed by atoms with Gasteiger partial charge in [-0.2, -0.15) is 5.10 Å². The molecule has 0 unspecified atom stereocenters. The molecule has 2 N–H and O–H groups in total. The lowest BCUT2D eigenvalue weighted by molar-refractivity contribution is 0.0966. The van der Waals surface area contributed by atoms with Crippen LogP contribution in [0.2, 0.25) is 0 Å². The summed E-state index contributed by atoms with van der Waals surface area (Å²) in [6, 6.07) is 11.6. The van der Waals surface area contributed by atoms with E-state index in [1.807, 2.05) is 12.1 Å². The number of anilines is 2. The number of hydrogen-bond acceptors (Lipinski definition) is 5. The summed E-state index contributed by atoms with van der Waals surface area (Å²) < 4.78 is 14.8. The number of hydrogen-bond donors (Lipinski definition) is 2. The van der Waals surface area contributed by atoms with E-state index in [0.717, 1.165) is 16.8 Å². The second-order valence-corrected chi connectivity index (χ2v) is 6.17. The zero-order chi connectivity index (χ0) is 18.4. The van der Waals surface area contributed by atoms with E-state index in [2.05, 4.69) is 25.7 Å². The number of aromatic nitrogens is 4. The van der Waals surface area contributed by atoms with E-state index < -0.39 is 0 Å². The molecule has 1 aliphatic heterocycles. The molecular formula is C19H13FN6O. The summed E-state index contributed by atoms with van der Waals surface area (Å²) in [7, 11) is 0. The predicted octanol–water partition coefficient (Wildman–Crippen LogP) is 2.92. The fourth-order valence-electron chi connectivity index (χ4n) is 3.16. The molecule has 0 radical (unpaired) electrons. The lowest BCUT2D eigenvalue weighted by atomic mass is 10.0. The minimum Gasteiger partial charge on any atom is -0.348 e. The maximum absolute atomic E-state index is 13.1. The number of benzene rings is 2. The van der Waals surface area contributed by atoms with Crippen molar-refractivity contribution >= 4 is 23.1 Å². The number of carbonyl (C=O) groups is 1. The summed E-state index contributed by atoms with van der Waals surface area (Å²) in [4.78, 5) is 20.5. The average Bonchev–Trinajstić information content (AvgIpc) is 3.31. The Labute approximate surface area is 152 Å². The van der Waals surface area contributed by atoms with E-state index >= 15 is 0 Å². The molecule has 0 saturated carbocycles. The fourth-order valence-corrected chi connectivity index (χ4v) is 3.16.